The second-order valence-electron chi connectivity index (χ2n) is 4.77. The van der Waals surface area contributed by atoms with E-state index in [0.29, 0.717) is 18.6 Å². The van der Waals surface area contributed by atoms with Crippen molar-refractivity contribution < 1.29 is 9.47 Å². The maximum Gasteiger partial charge on any atom is 0.0923 e. The van der Waals surface area contributed by atoms with Crippen LogP contribution in [0.4, 0.5) is 0 Å². The summed E-state index contributed by atoms with van der Waals surface area (Å²) in [6, 6.07) is 0. The van der Waals surface area contributed by atoms with Gasteiger partial charge in [0, 0.05) is 12.5 Å². The molecule has 15 heavy (non-hydrogen) atoms. The third-order valence-electron chi connectivity index (χ3n) is 3.61. The van der Waals surface area contributed by atoms with Crippen molar-refractivity contribution in [2.24, 2.45) is 17.4 Å². The number of nitrogens with two attached hydrogens (primary N) is 2. The largest absolute Gasteiger partial charge is 0.378 e. The predicted octanol–water partition coefficient (Wildman–Crippen LogP) is 0.248. The summed E-state index contributed by atoms with van der Waals surface area (Å²) in [5.74, 6) is 0.553. The molecule has 0 aromatic rings. The highest BCUT2D eigenvalue weighted by Crippen LogP contribution is 2.46. The second-order valence-corrected chi connectivity index (χ2v) is 4.77. The lowest BCUT2D eigenvalue weighted by Gasteiger charge is -2.26. The Morgan fingerprint density at radius 2 is 2.27 bits per heavy atom. The van der Waals surface area contributed by atoms with E-state index < -0.39 is 0 Å². The zero-order valence-electron chi connectivity index (χ0n) is 9.28. The molecule has 4 heteroatoms. The molecule has 2 rings (SSSR count). The van der Waals surface area contributed by atoms with Crippen LogP contribution >= 0.6 is 0 Å². The highest BCUT2D eigenvalue weighted by atomic mass is 16.6. The molecular weight excluding hydrogens is 192 g/mol. The van der Waals surface area contributed by atoms with E-state index in [1.54, 1.807) is 0 Å². The predicted molar refractivity (Wildman–Crippen MR) is 58.5 cm³/mol. The Kier molecular flexibility index (Phi) is 3.61. The van der Waals surface area contributed by atoms with E-state index in [4.69, 9.17) is 20.9 Å². The van der Waals surface area contributed by atoms with Crippen LogP contribution in [-0.2, 0) is 9.47 Å². The molecular formula is C11H22N2O2. The lowest BCUT2D eigenvalue weighted by molar-refractivity contribution is -0.0539. The van der Waals surface area contributed by atoms with E-state index >= 15 is 0 Å². The Morgan fingerprint density at radius 3 is 2.93 bits per heavy atom. The fourth-order valence-corrected chi connectivity index (χ4v) is 2.78. The van der Waals surface area contributed by atoms with Crippen LogP contribution < -0.4 is 11.5 Å². The van der Waals surface area contributed by atoms with Gasteiger partial charge in [-0.25, -0.2) is 0 Å². The van der Waals surface area contributed by atoms with E-state index in [0.717, 1.165) is 45.4 Å². The van der Waals surface area contributed by atoms with Crippen LogP contribution in [0.3, 0.4) is 0 Å². The third-order valence-corrected chi connectivity index (χ3v) is 3.61. The summed E-state index contributed by atoms with van der Waals surface area (Å²) < 4.78 is 11.6. The van der Waals surface area contributed by atoms with Crippen LogP contribution in [0.1, 0.15) is 25.7 Å². The summed E-state index contributed by atoms with van der Waals surface area (Å²) in [5.41, 5.74) is 11.1. The van der Waals surface area contributed by atoms with Crippen molar-refractivity contribution in [2.45, 2.75) is 37.4 Å². The average molecular weight is 214 g/mol. The van der Waals surface area contributed by atoms with Crippen molar-refractivity contribution >= 4 is 0 Å². The van der Waals surface area contributed by atoms with E-state index in [2.05, 4.69) is 0 Å². The number of hydrogen-bond acceptors (Lipinski definition) is 4. The summed E-state index contributed by atoms with van der Waals surface area (Å²) in [6.45, 7) is 2.91. The zero-order valence-corrected chi connectivity index (χ0v) is 9.28. The van der Waals surface area contributed by atoms with Crippen LogP contribution in [0.15, 0.2) is 0 Å². The van der Waals surface area contributed by atoms with Crippen molar-refractivity contribution in [2.75, 3.05) is 26.3 Å². The molecule has 3 atom stereocenters. The molecule has 2 aliphatic heterocycles. The molecule has 0 spiro atoms. The lowest BCUT2D eigenvalue weighted by atomic mass is 9.82. The smallest absolute Gasteiger partial charge is 0.0923 e. The van der Waals surface area contributed by atoms with Gasteiger partial charge in [0.2, 0.25) is 0 Å². The highest BCUT2D eigenvalue weighted by molar-refractivity contribution is 5.00. The minimum absolute atomic E-state index is 0.0106. The van der Waals surface area contributed by atoms with E-state index in [1.807, 2.05) is 0 Å². The van der Waals surface area contributed by atoms with Crippen LogP contribution in [-0.4, -0.2) is 38.0 Å². The molecule has 0 saturated carbocycles. The van der Waals surface area contributed by atoms with Gasteiger partial charge in [0.1, 0.15) is 0 Å². The minimum atomic E-state index is -0.0106. The first-order chi connectivity index (χ1) is 7.29. The highest BCUT2D eigenvalue weighted by Gasteiger charge is 2.51. The quantitative estimate of drug-likeness (QED) is 0.622. The summed E-state index contributed by atoms with van der Waals surface area (Å²) >= 11 is 0. The zero-order chi connectivity index (χ0) is 10.7. The number of ether oxygens (including phenoxy) is 2. The minimum Gasteiger partial charge on any atom is -0.378 e. The maximum absolute atomic E-state index is 6.01. The normalized spacial score (nSPS) is 38.8. The summed E-state index contributed by atoms with van der Waals surface area (Å²) in [5, 5.41) is 0. The molecule has 2 saturated heterocycles. The number of rotatable bonds is 6. The van der Waals surface area contributed by atoms with Crippen LogP contribution in [0.25, 0.3) is 0 Å². The second kappa shape index (κ2) is 4.78. The van der Waals surface area contributed by atoms with Gasteiger partial charge < -0.3 is 20.9 Å². The van der Waals surface area contributed by atoms with Crippen LogP contribution in [0.5, 0.6) is 0 Å². The van der Waals surface area contributed by atoms with Crippen molar-refractivity contribution in [3.05, 3.63) is 0 Å². The molecule has 2 aliphatic rings. The van der Waals surface area contributed by atoms with Gasteiger partial charge in [-0.05, 0) is 38.8 Å². The van der Waals surface area contributed by atoms with Gasteiger partial charge in [-0.1, -0.05) is 0 Å². The topological polar surface area (TPSA) is 70.5 Å². The van der Waals surface area contributed by atoms with Gasteiger partial charge in [-0.15, -0.1) is 0 Å². The summed E-state index contributed by atoms with van der Waals surface area (Å²) in [7, 11) is 0. The molecule has 2 heterocycles. The van der Waals surface area contributed by atoms with E-state index in [1.165, 1.54) is 0 Å². The molecule has 0 aromatic heterocycles. The standard InChI is InChI=1S/C11H22N2O2/c12-4-1-5-14-8-11-3-2-10(15-11)9(6-11)7-13/h9-10H,1-8,12-13H2. The third kappa shape index (κ3) is 2.33. The first-order valence-corrected chi connectivity index (χ1v) is 5.95. The van der Waals surface area contributed by atoms with Gasteiger partial charge in [-0.3, -0.25) is 0 Å². The Morgan fingerprint density at radius 1 is 1.40 bits per heavy atom. The Labute approximate surface area is 91.3 Å². The number of fused-ring (bicyclic) bond motifs is 2. The average Bonchev–Trinajstić information content (AvgIpc) is 2.82. The molecule has 2 fully saturated rings. The van der Waals surface area contributed by atoms with Gasteiger partial charge in [0.15, 0.2) is 0 Å². The van der Waals surface area contributed by atoms with E-state index in [9.17, 15) is 0 Å². The number of hydrogen-bond donors (Lipinski definition) is 2. The molecule has 4 N–H and O–H groups in total. The molecule has 0 radical (unpaired) electrons. The van der Waals surface area contributed by atoms with Gasteiger partial charge in [-0.2, -0.15) is 0 Å². The maximum atomic E-state index is 6.01. The molecule has 2 bridgehead atoms. The SMILES string of the molecule is NCCCOCC12CCC(O1)C(CN)C2. The van der Waals surface area contributed by atoms with Crippen LogP contribution in [0, 0.1) is 5.92 Å². The fourth-order valence-electron chi connectivity index (χ4n) is 2.78. The lowest BCUT2D eigenvalue weighted by Crippen LogP contribution is -2.34. The molecule has 88 valence electrons. The van der Waals surface area contributed by atoms with Gasteiger partial charge >= 0.3 is 0 Å². The van der Waals surface area contributed by atoms with Crippen molar-refractivity contribution in [1.82, 2.24) is 0 Å². The van der Waals surface area contributed by atoms with Crippen molar-refractivity contribution in [3.63, 3.8) is 0 Å². The van der Waals surface area contributed by atoms with Gasteiger partial charge in [0.25, 0.3) is 0 Å². The Bertz CT molecular complexity index is 213. The molecule has 0 amide bonds. The van der Waals surface area contributed by atoms with Gasteiger partial charge in [0.05, 0.1) is 18.3 Å². The van der Waals surface area contributed by atoms with Crippen molar-refractivity contribution in [1.29, 1.82) is 0 Å². The molecule has 0 aliphatic carbocycles. The fraction of sp³-hybridized carbons (Fsp3) is 1.00. The Balaban J connectivity index is 1.76. The molecule has 4 nitrogen and oxygen atoms in total. The summed E-state index contributed by atoms with van der Waals surface area (Å²) in [6.07, 6.45) is 4.70. The monoisotopic (exact) mass is 214 g/mol. The first kappa shape index (κ1) is 11.3. The Hall–Kier alpha value is -0.160. The molecule has 3 unspecified atom stereocenters. The van der Waals surface area contributed by atoms with Crippen LogP contribution in [0.2, 0.25) is 0 Å². The van der Waals surface area contributed by atoms with E-state index in [-0.39, 0.29) is 5.60 Å². The van der Waals surface area contributed by atoms with Crippen molar-refractivity contribution in [3.8, 4) is 0 Å². The molecule has 0 aromatic carbocycles. The summed E-state index contributed by atoms with van der Waals surface area (Å²) in [4.78, 5) is 0. The first-order valence-electron chi connectivity index (χ1n) is 5.95.